The first-order valence-corrected chi connectivity index (χ1v) is 6.81. The van der Waals surface area contributed by atoms with E-state index < -0.39 is 0 Å². The topological polar surface area (TPSA) is 67.2 Å². The molecule has 4 nitrogen and oxygen atoms in total. The van der Waals surface area contributed by atoms with Crippen LogP contribution in [0.2, 0.25) is 0 Å². The number of hydrogen-bond donors (Lipinski definition) is 3. The Morgan fingerprint density at radius 2 is 2.05 bits per heavy atom. The van der Waals surface area contributed by atoms with Crippen molar-refractivity contribution in [2.75, 3.05) is 22.9 Å². The van der Waals surface area contributed by atoms with Gasteiger partial charge in [-0.05, 0) is 36.0 Å². The lowest BCUT2D eigenvalue weighted by atomic mass is 9.92. The first-order chi connectivity index (χ1) is 8.85. The van der Waals surface area contributed by atoms with Gasteiger partial charge < -0.3 is 16.4 Å². The molecule has 0 atom stereocenters. The zero-order valence-electron chi connectivity index (χ0n) is 12.0. The zero-order valence-corrected chi connectivity index (χ0v) is 12.0. The molecule has 1 amide bonds. The molecule has 4 heteroatoms. The van der Waals surface area contributed by atoms with E-state index in [2.05, 4.69) is 37.5 Å². The highest BCUT2D eigenvalue weighted by atomic mass is 16.1. The van der Waals surface area contributed by atoms with Crippen molar-refractivity contribution in [1.29, 1.82) is 0 Å². The van der Waals surface area contributed by atoms with Crippen LogP contribution in [0, 0.1) is 5.41 Å². The first-order valence-electron chi connectivity index (χ1n) is 6.81. The lowest BCUT2D eigenvalue weighted by molar-refractivity contribution is -0.116. The molecule has 0 fully saturated rings. The minimum atomic E-state index is 0.0698. The van der Waals surface area contributed by atoms with Gasteiger partial charge in [-0.3, -0.25) is 4.79 Å². The summed E-state index contributed by atoms with van der Waals surface area (Å²) < 4.78 is 0. The molecule has 1 aromatic carbocycles. The van der Waals surface area contributed by atoms with E-state index in [1.807, 2.05) is 6.07 Å². The predicted molar refractivity (Wildman–Crippen MR) is 80.4 cm³/mol. The molecule has 0 unspecified atom stereocenters. The van der Waals surface area contributed by atoms with Crippen LogP contribution in [0.15, 0.2) is 12.1 Å². The number of hydrogen-bond acceptors (Lipinski definition) is 3. The molecule has 0 bridgehead atoms. The number of nitrogen functional groups attached to an aromatic ring is 1. The Labute approximate surface area is 114 Å². The van der Waals surface area contributed by atoms with Crippen LogP contribution in [-0.4, -0.2) is 12.5 Å². The van der Waals surface area contributed by atoms with E-state index in [4.69, 9.17) is 5.73 Å². The summed E-state index contributed by atoms with van der Waals surface area (Å²) in [5.74, 6) is 0.0698. The standard InChI is InChI=1S/C15H23N3O/c1-15(2,3)6-7-17-13-8-10-4-5-14(19)18-12(10)9-11(13)16/h8-9,17H,4-7,16H2,1-3H3,(H,18,19). The second kappa shape index (κ2) is 5.11. The van der Waals surface area contributed by atoms with Gasteiger partial charge in [0, 0.05) is 18.7 Å². The molecule has 0 saturated carbocycles. The Balaban J connectivity index is 2.08. The van der Waals surface area contributed by atoms with Gasteiger partial charge in [0.15, 0.2) is 0 Å². The smallest absolute Gasteiger partial charge is 0.224 e. The average molecular weight is 261 g/mol. The molecular formula is C15H23N3O. The molecule has 0 aromatic heterocycles. The number of nitrogens with two attached hydrogens (primary N) is 1. The Kier molecular flexibility index (Phi) is 3.69. The quantitative estimate of drug-likeness (QED) is 0.733. The van der Waals surface area contributed by atoms with Crippen LogP contribution in [0.5, 0.6) is 0 Å². The number of carbonyl (C=O) groups excluding carboxylic acids is 1. The van der Waals surface area contributed by atoms with E-state index in [-0.39, 0.29) is 5.91 Å². The van der Waals surface area contributed by atoms with Crippen LogP contribution in [0.4, 0.5) is 17.1 Å². The third-order valence-electron chi connectivity index (χ3n) is 3.36. The fourth-order valence-electron chi connectivity index (χ4n) is 2.17. The fraction of sp³-hybridized carbons (Fsp3) is 0.533. The average Bonchev–Trinajstić information content (AvgIpc) is 2.28. The molecule has 19 heavy (non-hydrogen) atoms. The molecule has 0 radical (unpaired) electrons. The molecule has 1 aliphatic heterocycles. The molecule has 1 aliphatic rings. The summed E-state index contributed by atoms with van der Waals surface area (Å²) in [5, 5.41) is 6.25. The number of fused-ring (bicyclic) bond motifs is 1. The van der Waals surface area contributed by atoms with Gasteiger partial charge in [0.1, 0.15) is 0 Å². The maximum atomic E-state index is 11.3. The lowest BCUT2D eigenvalue weighted by Crippen LogP contribution is -2.20. The van der Waals surface area contributed by atoms with Crippen molar-refractivity contribution < 1.29 is 4.79 Å². The predicted octanol–water partition coefficient (Wildman–Crippen LogP) is 3.00. The number of carbonyl (C=O) groups is 1. The lowest BCUT2D eigenvalue weighted by Gasteiger charge is -2.22. The number of anilines is 3. The molecular weight excluding hydrogens is 238 g/mol. The second-order valence-electron chi connectivity index (χ2n) is 6.38. The van der Waals surface area contributed by atoms with Crippen LogP contribution >= 0.6 is 0 Å². The van der Waals surface area contributed by atoms with E-state index in [0.29, 0.717) is 17.5 Å². The van der Waals surface area contributed by atoms with Gasteiger partial charge in [0.25, 0.3) is 0 Å². The molecule has 0 spiro atoms. The van der Waals surface area contributed by atoms with Crippen molar-refractivity contribution in [3.8, 4) is 0 Å². The number of amides is 1. The van der Waals surface area contributed by atoms with Crippen molar-refractivity contribution >= 4 is 23.0 Å². The largest absolute Gasteiger partial charge is 0.397 e. The Bertz CT molecular complexity index is 489. The highest BCUT2D eigenvalue weighted by Gasteiger charge is 2.17. The van der Waals surface area contributed by atoms with Gasteiger partial charge in [-0.1, -0.05) is 20.8 Å². The summed E-state index contributed by atoms with van der Waals surface area (Å²) in [5.41, 5.74) is 10.0. The Hall–Kier alpha value is -1.71. The summed E-state index contributed by atoms with van der Waals surface area (Å²) in [6.07, 6.45) is 2.42. The minimum absolute atomic E-state index is 0.0698. The fourth-order valence-corrected chi connectivity index (χ4v) is 2.17. The van der Waals surface area contributed by atoms with Crippen LogP contribution in [-0.2, 0) is 11.2 Å². The van der Waals surface area contributed by atoms with E-state index in [0.717, 1.165) is 36.3 Å². The minimum Gasteiger partial charge on any atom is -0.397 e. The third-order valence-corrected chi connectivity index (χ3v) is 3.36. The van der Waals surface area contributed by atoms with Gasteiger partial charge in [0.05, 0.1) is 11.4 Å². The van der Waals surface area contributed by atoms with Gasteiger partial charge in [-0.15, -0.1) is 0 Å². The van der Waals surface area contributed by atoms with Gasteiger partial charge in [-0.25, -0.2) is 0 Å². The maximum absolute atomic E-state index is 11.3. The van der Waals surface area contributed by atoms with Crippen molar-refractivity contribution in [1.82, 2.24) is 0 Å². The molecule has 104 valence electrons. The van der Waals surface area contributed by atoms with Crippen LogP contribution in [0.3, 0.4) is 0 Å². The highest BCUT2D eigenvalue weighted by molar-refractivity contribution is 5.95. The maximum Gasteiger partial charge on any atom is 0.224 e. The van der Waals surface area contributed by atoms with Crippen molar-refractivity contribution in [3.63, 3.8) is 0 Å². The SMILES string of the molecule is CC(C)(C)CCNc1cc2c(cc1N)NC(=O)CC2. The summed E-state index contributed by atoms with van der Waals surface area (Å²) in [6.45, 7) is 7.57. The summed E-state index contributed by atoms with van der Waals surface area (Å²) >= 11 is 0. The molecule has 0 aliphatic carbocycles. The summed E-state index contributed by atoms with van der Waals surface area (Å²) in [6, 6.07) is 3.92. The van der Waals surface area contributed by atoms with Crippen LogP contribution < -0.4 is 16.4 Å². The van der Waals surface area contributed by atoms with Crippen LogP contribution in [0.25, 0.3) is 0 Å². The summed E-state index contributed by atoms with van der Waals surface area (Å²) in [7, 11) is 0. The molecule has 1 aromatic rings. The zero-order chi connectivity index (χ0) is 14.0. The van der Waals surface area contributed by atoms with E-state index in [9.17, 15) is 4.79 Å². The highest BCUT2D eigenvalue weighted by Crippen LogP contribution is 2.31. The van der Waals surface area contributed by atoms with Crippen molar-refractivity contribution in [2.45, 2.75) is 40.0 Å². The van der Waals surface area contributed by atoms with Crippen molar-refractivity contribution in [2.24, 2.45) is 5.41 Å². The van der Waals surface area contributed by atoms with Gasteiger partial charge >= 0.3 is 0 Å². The molecule has 0 saturated heterocycles. The summed E-state index contributed by atoms with van der Waals surface area (Å²) in [4.78, 5) is 11.3. The normalized spacial score (nSPS) is 14.8. The third kappa shape index (κ3) is 3.63. The van der Waals surface area contributed by atoms with Gasteiger partial charge in [-0.2, -0.15) is 0 Å². The monoisotopic (exact) mass is 261 g/mol. The molecule has 2 rings (SSSR count). The second-order valence-corrected chi connectivity index (χ2v) is 6.38. The van der Waals surface area contributed by atoms with Crippen LogP contribution in [0.1, 0.15) is 39.2 Å². The number of aryl methyl sites for hydroxylation is 1. The first kappa shape index (κ1) is 13.7. The van der Waals surface area contributed by atoms with E-state index in [1.54, 1.807) is 0 Å². The number of rotatable bonds is 3. The van der Waals surface area contributed by atoms with Crippen molar-refractivity contribution in [3.05, 3.63) is 17.7 Å². The Morgan fingerprint density at radius 1 is 1.32 bits per heavy atom. The number of nitrogens with one attached hydrogen (secondary N) is 2. The van der Waals surface area contributed by atoms with Gasteiger partial charge in [0.2, 0.25) is 5.91 Å². The Morgan fingerprint density at radius 3 is 2.74 bits per heavy atom. The molecule has 1 heterocycles. The van der Waals surface area contributed by atoms with E-state index >= 15 is 0 Å². The molecule has 4 N–H and O–H groups in total. The number of benzene rings is 1. The van der Waals surface area contributed by atoms with E-state index in [1.165, 1.54) is 0 Å².